The van der Waals surface area contributed by atoms with Crippen molar-refractivity contribution >= 4 is 6.03 Å². The van der Waals surface area contributed by atoms with E-state index in [9.17, 15) is 4.79 Å². The second-order valence-electron chi connectivity index (χ2n) is 7.65. The van der Waals surface area contributed by atoms with E-state index in [0.717, 1.165) is 26.3 Å². The summed E-state index contributed by atoms with van der Waals surface area (Å²) in [6.07, 6.45) is 3.72. The summed E-state index contributed by atoms with van der Waals surface area (Å²) in [5.41, 5.74) is -0.0368. The van der Waals surface area contributed by atoms with Gasteiger partial charge in [0.15, 0.2) is 0 Å². The lowest BCUT2D eigenvalue weighted by molar-refractivity contribution is -0.00881. The molecule has 1 saturated carbocycles. The van der Waals surface area contributed by atoms with Crippen LogP contribution in [0.1, 0.15) is 47.0 Å². The standard InChI is InChI=1S/C17H33N3O2/c1-13-6-5-7-14(2)15(13)19-16(21)18-12-17(3,4)20-8-10-22-11-9-20/h13-15H,5-12H2,1-4H3,(H2,18,19,21). The lowest BCUT2D eigenvalue weighted by Crippen LogP contribution is -2.57. The topological polar surface area (TPSA) is 53.6 Å². The molecule has 1 aliphatic heterocycles. The molecule has 0 aromatic carbocycles. The third kappa shape index (κ3) is 4.59. The number of morpholine rings is 1. The fourth-order valence-corrected chi connectivity index (χ4v) is 3.75. The Bertz CT molecular complexity index is 357. The third-order valence-electron chi connectivity index (χ3n) is 5.39. The minimum atomic E-state index is -0.0368. The molecule has 0 aromatic heterocycles. The Morgan fingerprint density at radius 3 is 2.36 bits per heavy atom. The lowest BCUT2D eigenvalue weighted by atomic mass is 9.79. The maximum absolute atomic E-state index is 12.3. The van der Waals surface area contributed by atoms with E-state index in [0.29, 0.717) is 24.4 Å². The van der Waals surface area contributed by atoms with Gasteiger partial charge in [-0.05, 0) is 38.5 Å². The summed E-state index contributed by atoms with van der Waals surface area (Å²) < 4.78 is 5.40. The highest BCUT2D eigenvalue weighted by Crippen LogP contribution is 2.28. The highest BCUT2D eigenvalue weighted by molar-refractivity contribution is 5.74. The van der Waals surface area contributed by atoms with Gasteiger partial charge in [-0.2, -0.15) is 0 Å². The number of hydrogen-bond acceptors (Lipinski definition) is 3. The van der Waals surface area contributed by atoms with Crippen molar-refractivity contribution in [3.05, 3.63) is 0 Å². The molecular weight excluding hydrogens is 278 g/mol. The first-order valence-corrected chi connectivity index (χ1v) is 8.77. The molecule has 128 valence electrons. The number of carbonyl (C=O) groups excluding carboxylic acids is 1. The van der Waals surface area contributed by atoms with Crippen molar-refractivity contribution in [2.24, 2.45) is 11.8 Å². The summed E-state index contributed by atoms with van der Waals surface area (Å²) in [5.74, 6) is 1.14. The zero-order valence-corrected chi connectivity index (χ0v) is 14.7. The van der Waals surface area contributed by atoms with E-state index in [1.54, 1.807) is 0 Å². The smallest absolute Gasteiger partial charge is 0.315 e. The van der Waals surface area contributed by atoms with Gasteiger partial charge in [0.2, 0.25) is 0 Å². The van der Waals surface area contributed by atoms with Crippen LogP contribution in [0.5, 0.6) is 0 Å². The minimum absolute atomic E-state index is 0.0214. The van der Waals surface area contributed by atoms with Crippen LogP contribution in [0.25, 0.3) is 0 Å². The third-order valence-corrected chi connectivity index (χ3v) is 5.39. The number of ether oxygens (including phenoxy) is 1. The van der Waals surface area contributed by atoms with Gasteiger partial charge in [-0.15, -0.1) is 0 Å². The van der Waals surface area contributed by atoms with Crippen LogP contribution in [0.15, 0.2) is 0 Å². The molecule has 1 heterocycles. The summed E-state index contributed by atoms with van der Waals surface area (Å²) in [5, 5.41) is 6.28. The zero-order valence-electron chi connectivity index (χ0n) is 14.7. The summed E-state index contributed by atoms with van der Waals surface area (Å²) in [4.78, 5) is 14.7. The molecule has 2 aliphatic rings. The van der Waals surface area contributed by atoms with E-state index in [1.165, 1.54) is 19.3 Å². The van der Waals surface area contributed by atoms with Gasteiger partial charge in [0.25, 0.3) is 0 Å². The van der Waals surface area contributed by atoms with Crippen LogP contribution in [0, 0.1) is 11.8 Å². The fraction of sp³-hybridized carbons (Fsp3) is 0.941. The predicted molar refractivity (Wildman–Crippen MR) is 89.0 cm³/mol. The first-order valence-electron chi connectivity index (χ1n) is 8.77. The summed E-state index contributed by atoms with van der Waals surface area (Å²) in [6.45, 7) is 13.0. The second kappa shape index (κ2) is 7.64. The molecule has 2 rings (SSSR count). The van der Waals surface area contributed by atoms with Crippen molar-refractivity contribution in [1.82, 2.24) is 15.5 Å². The monoisotopic (exact) mass is 311 g/mol. The van der Waals surface area contributed by atoms with Gasteiger partial charge in [0.1, 0.15) is 0 Å². The van der Waals surface area contributed by atoms with Crippen molar-refractivity contribution in [3.8, 4) is 0 Å². The van der Waals surface area contributed by atoms with Gasteiger partial charge >= 0.3 is 6.03 Å². The van der Waals surface area contributed by atoms with Crippen molar-refractivity contribution in [1.29, 1.82) is 0 Å². The number of urea groups is 1. The van der Waals surface area contributed by atoms with Gasteiger partial charge in [-0.3, -0.25) is 4.90 Å². The molecule has 2 atom stereocenters. The molecular formula is C17H33N3O2. The average molecular weight is 311 g/mol. The maximum atomic E-state index is 12.3. The number of hydrogen-bond donors (Lipinski definition) is 2. The zero-order chi connectivity index (χ0) is 16.2. The van der Waals surface area contributed by atoms with Crippen molar-refractivity contribution < 1.29 is 9.53 Å². The molecule has 0 radical (unpaired) electrons. The molecule has 22 heavy (non-hydrogen) atoms. The molecule has 2 fully saturated rings. The molecule has 1 saturated heterocycles. The highest BCUT2D eigenvalue weighted by Gasteiger charge is 2.31. The van der Waals surface area contributed by atoms with Crippen LogP contribution in [0.2, 0.25) is 0 Å². The molecule has 5 heteroatoms. The number of rotatable bonds is 4. The summed E-state index contributed by atoms with van der Waals surface area (Å²) in [7, 11) is 0. The lowest BCUT2D eigenvalue weighted by Gasteiger charge is -2.41. The highest BCUT2D eigenvalue weighted by atomic mass is 16.5. The van der Waals surface area contributed by atoms with Crippen LogP contribution >= 0.6 is 0 Å². The van der Waals surface area contributed by atoms with Gasteiger partial charge in [-0.25, -0.2) is 4.79 Å². The Balaban J connectivity index is 1.78. The normalized spacial score (nSPS) is 30.8. The van der Waals surface area contributed by atoms with Crippen LogP contribution in [-0.4, -0.2) is 55.4 Å². The Morgan fingerprint density at radius 1 is 1.18 bits per heavy atom. The molecule has 0 aromatic rings. The first kappa shape index (κ1) is 17.5. The van der Waals surface area contributed by atoms with E-state index in [4.69, 9.17) is 4.74 Å². The second-order valence-corrected chi connectivity index (χ2v) is 7.65. The van der Waals surface area contributed by atoms with Crippen molar-refractivity contribution in [2.75, 3.05) is 32.8 Å². The molecule has 5 nitrogen and oxygen atoms in total. The van der Waals surface area contributed by atoms with Gasteiger partial charge in [0, 0.05) is 31.2 Å². The van der Waals surface area contributed by atoms with E-state index in [2.05, 4.69) is 43.2 Å². The largest absolute Gasteiger partial charge is 0.379 e. The van der Waals surface area contributed by atoms with Crippen molar-refractivity contribution in [2.45, 2.75) is 58.5 Å². The van der Waals surface area contributed by atoms with Crippen LogP contribution < -0.4 is 10.6 Å². The van der Waals surface area contributed by atoms with Crippen LogP contribution in [-0.2, 0) is 4.74 Å². The molecule has 2 amide bonds. The molecule has 2 unspecified atom stereocenters. The van der Waals surface area contributed by atoms with Crippen LogP contribution in [0.3, 0.4) is 0 Å². The average Bonchev–Trinajstić information content (AvgIpc) is 2.50. The number of nitrogens with one attached hydrogen (secondary N) is 2. The maximum Gasteiger partial charge on any atom is 0.315 e. The SMILES string of the molecule is CC1CCCC(C)C1NC(=O)NCC(C)(C)N1CCOCC1. The summed E-state index contributed by atoms with van der Waals surface area (Å²) in [6, 6.07) is 0.284. The van der Waals surface area contributed by atoms with Gasteiger partial charge < -0.3 is 15.4 Å². The first-order chi connectivity index (χ1) is 10.4. The van der Waals surface area contributed by atoms with Gasteiger partial charge in [0.05, 0.1) is 13.2 Å². The quantitative estimate of drug-likeness (QED) is 0.837. The number of nitrogens with zero attached hydrogens (tertiary/aromatic N) is 1. The fourth-order valence-electron chi connectivity index (χ4n) is 3.75. The van der Waals surface area contributed by atoms with Crippen molar-refractivity contribution in [3.63, 3.8) is 0 Å². The molecule has 2 N–H and O–H groups in total. The Hall–Kier alpha value is -0.810. The molecule has 1 aliphatic carbocycles. The Kier molecular flexibility index (Phi) is 6.09. The molecule has 0 spiro atoms. The minimum Gasteiger partial charge on any atom is -0.379 e. The van der Waals surface area contributed by atoms with E-state index in [1.807, 2.05) is 0 Å². The van der Waals surface area contributed by atoms with E-state index >= 15 is 0 Å². The molecule has 0 bridgehead atoms. The number of amides is 2. The summed E-state index contributed by atoms with van der Waals surface area (Å²) >= 11 is 0. The van der Waals surface area contributed by atoms with E-state index < -0.39 is 0 Å². The number of carbonyl (C=O) groups is 1. The Morgan fingerprint density at radius 2 is 1.77 bits per heavy atom. The Labute approximate surface area is 135 Å². The predicted octanol–water partition coefficient (Wildman–Crippen LogP) is 2.22. The van der Waals surface area contributed by atoms with Gasteiger partial charge in [-0.1, -0.05) is 20.3 Å². The van der Waals surface area contributed by atoms with E-state index in [-0.39, 0.29) is 11.6 Å². The van der Waals surface area contributed by atoms with Crippen LogP contribution in [0.4, 0.5) is 4.79 Å².